The van der Waals surface area contributed by atoms with E-state index in [1.165, 1.54) is 4.90 Å². The molecule has 0 aliphatic carbocycles. The molecule has 1 aromatic carbocycles. The molecule has 0 atom stereocenters. The molecular weight excluding hydrogens is 218 g/mol. The van der Waals surface area contributed by atoms with E-state index < -0.39 is 5.41 Å². The van der Waals surface area contributed by atoms with Gasteiger partial charge in [0.15, 0.2) is 0 Å². The van der Waals surface area contributed by atoms with Crippen LogP contribution in [0.3, 0.4) is 0 Å². The van der Waals surface area contributed by atoms with Gasteiger partial charge in [-0.2, -0.15) is 0 Å². The van der Waals surface area contributed by atoms with E-state index in [9.17, 15) is 14.7 Å². The highest BCUT2D eigenvalue weighted by Crippen LogP contribution is 2.33. The monoisotopic (exact) mass is 233 g/mol. The molecule has 0 bridgehead atoms. The average molecular weight is 233 g/mol. The predicted octanol–water partition coefficient (Wildman–Crippen LogP) is 1.68. The summed E-state index contributed by atoms with van der Waals surface area (Å²) in [6.07, 6.45) is 0.236. The van der Waals surface area contributed by atoms with Crippen molar-refractivity contribution in [1.82, 2.24) is 4.90 Å². The van der Waals surface area contributed by atoms with Gasteiger partial charge in [-0.3, -0.25) is 14.5 Å². The van der Waals surface area contributed by atoms with Crippen molar-refractivity contribution in [2.45, 2.75) is 26.8 Å². The smallest absolute Gasteiger partial charge is 0.235 e. The molecule has 0 radical (unpaired) electrons. The van der Waals surface area contributed by atoms with E-state index in [0.717, 1.165) is 0 Å². The Hall–Kier alpha value is -1.84. The number of aromatic hydroxyl groups is 1. The van der Waals surface area contributed by atoms with E-state index in [2.05, 4.69) is 0 Å². The lowest BCUT2D eigenvalue weighted by Gasteiger charge is -2.18. The van der Waals surface area contributed by atoms with Crippen molar-refractivity contribution in [3.05, 3.63) is 29.8 Å². The Morgan fingerprint density at radius 2 is 1.94 bits per heavy atom. The van der Waals surface area contributed by atoms with Crippen molar-refractivity contribution in [2.75, 3.05) is 0 Å². The first-order valence-corrected chi connectivity index (χ1v) is 5.53. The van der Waals surface area contributed by atoms with Crippen LogP contribution in [0.15, 0.2) is 24.3 Å². The molecule has 1 aromatic rings. The summed E-state index contributed by atoms with van der Waals surface area (Å²) in [6.45, 7) is 3.67. The van der Waals surface area contributed by atoms with Crippen molar-refractivity contribution < 1.29 is 14.7 Å². The SMILES string of the molecule is CC1(C)CC(=O)N(Cc2ccccc2O)C1=O. The third kappa shape index (κ3) is 2.02. The third-order valence-corrected chi connectivity index (χ3v) is 3.04. The van der Waals surface area contributed by atoms with Gasteiger partial charge in [-0.1, -0.05) is 32.0 Å². The fourth-order valence-corrected chi connectivity index (χ4v) is 2.00. The number of para-hydroxylation sites is 1. The number of hydrogen-bond donors (Lipinski definition) is 1. The van der Waals surface area contributed by atoms with Gasteiger partial charge >= 0.3 is 0 Å². The number of carbonyl (C=O) groups excluding carboxylic acids is 2. The van der Waals surface area contributed by atoms with Crippen LogP contribution >= 0.6 is 0 Å². The van der Waals surface area contributed by atoms with Crippen molar-refractivity contribution in [3.63, 3.8) is 0 Å². The normalized spacial score (nSPS) is 18.8. The molecule has 2 rings (SSSR count). The van der Waals surface area contributed by atoms with Crippen LogP contribution in [0.4, 0.5) is 0 Å². The van der Waals surface area contributed by atoms with Gasteiger partial charge < -0.3 is 5.11 Å². The summed E-state index contributed by atoms with van der Waals surface area (Å²) < 4.78 is 0. The summed E-state index contributed by atoms with van der Waals surface area (Å²) in [5.74, 6) is -0.244. The van der Waals surface area contributed by atoms with Crippen LogP contribution in [0.25, 0.3) is 0 Å². The second-order valence-electron chi connectivity index (χ2n) is 4.97. The molecular formula is C13H15NO3. The Morgan fingerprint density at radius 1 is 1.29 bits per heavy atom. The molecule has 90 valence electrons. The fraction of sp³-hybridized carbons (Fsp3) is 0.385. The Labute approximate surface area is 99.9 Å². The topological polar surface area (TPSA) is 57.6 Å². The average Bonchev–Trinajstić information content (AvgIpc) is 2.43. The molecule has 17 heavy (non-hydrogen) atoms. The minimum Gasteiger partial charge on any atom is -0.508 e. The van der Waals surface area contributed by atoms with Gasteiger partial charge in [0.05, 0.1) is 12.0 Å². The number of amides is 2. The van der Waals surface area contributed by atoms with Crippen LogP contribution in [0.5, 0.6) is 5.75 Å². The van der Waals surface area contributed by atoms with Crippen LogP contribution in [-0.4, -0.2) is 21.8 Å². The highest BCUT2D eigenvalue weighted by molar-refractivity contribution is 6.05. The summed E-state index contributed by atoms with van der Waals surface area (Å²) in [5, 5.41) is 9.62. The molecule has 2 amide bonds. The predicted molar refractivity (Wildman–Crippen MR) is 62.1 cm³/mol. The zero-order valence-electron chi connectivity index (χ0n) is 9.93. The fourth-order valence-electron chi connectivity index (χ4n) is 2.00. The molecule has 1 aliphatic rings. The van der Waals surface area contributed by atoms with Gasteiger partial charge in [0, 0.05) is 12.0 Å². The zero-order chi connectivity index (χ0) is 12.6. The Balaban J connectivity index is 2.23. The molecule has 0 saturated carbocycles. The van der Waals surface area contributed by atoms with E-state index in [1.807, 2.05) is 0 Å². The third-order valence-electron chi connectivity index (χ3n) is 3.04. The number of nitrogens with zero attached hydrogens (tertiary/aromatic N) is 1. The standard InChI is InChI=1S/C13H15NO3/c1-13(2)7-11(16)14(12(13)17)8-9-5-3-4-6-10(9)15/h3-6,15H,7-8H2,1-2H3. The van der Waals surface area contributed by atoms with Crippen LogP contribution in [0.1, 0.15) is 25.8 Å². The van der Waals surface area contributed by atoms with Crippen LogP contribution in [0, 0.1) is 5.41 Å². The Morgan fingerprint density at radius 3 is 2.47 bits per heavy atom. The quantitative estimate of drug-likeness (QED) is 0.790. The summed E-state index contributed by atoms with van der Waals surface area (Å²) in [6, 6.07) is 6.73. The number of phenols is 1. The molecule has 0 spiro atoms. The number of rotatable bonds is 2. The summed E-state index contributed by atoms with van der Waals surface area (Å²) in [4.78, 5) is 24.9. The highest BCUT2D eigenvalue weighted by atomic mass is 16.3. The van der Waals surface area contributed by atoms with Gasteiger partial charge in [-0.05, 0) is 6.07 Å². The van der Waals surface area contributed by atoms with E-state index in [0.29, 0.717) is 5.56 Å². The maximum atomic E-state index is 12.0. The molecule has 1 aliphatic heterocycles. The lowest BCUT2D eigenvalue weighted by molar-refractivity contribution is -0.141. The maximum Gasteiger partial charge on any atom is 0.235 e. The minimum absolute atomic E-state index is 0.109. The summed E-state index contributed by atoms with van der Waals surface area (Å²) in [5.41, 5.74) is -0.0338. The minimum atomic E-state index is -0.624. The summed E-state index contributed by atoms with van der Waals surface area (Å²) in [7, 11) is 0. The first kappa shape index (κ1) is 11.6. The van der Waals surface area contributed by atoms with E-state index in [4.69, 9.17) is 0 Å². The van der Waals surface area contributed by atoms with Crippen LogP contribution < -0.4 is 0 Å². The molecule has 1 fully saturated rings. The number of likely N-dealkylation sites (tertiary alicyclic amines) is 1. The van der Waals surface area contributed by atoms with E-state index >= 15 is 0 Å². The van der Waals surface area contributed by atoms with Crippen LogP contribution in [0.2, 0.25) is 0 Å². The molecule has 1 heterocycles. The van der Waals surface area contributed by atoms with Crippen molar-refractivity contribution >= 4 is 11.8 Å². The maximum absolute atomic E-state index is 12.0. The largest absolute Gasteiger partial charge is 0.508 e. The first-order valence-electron chi connectivity index (χ1n) is 5.53. The lowest BCUT2D eigenvalue weighted by atomic mass is 9.92. The van der Waals surface area contributed by atoms with Gasteiger partial charge in [-0.15, -0.1) is 0 Å². The lowest BCUT2D eigenvalue weighted by Crippen LogP contribution is -2.32. The number of benzene rings is 1. The van der Waals surface area contributed by atoms with Crippen molar-refractivity contribution in [3.8, 4) is 5.75 Å². The van der Waals surface area contributed by atoms with Crippen molar-refractivity contribution in [2.24, 2.45) is 5.41 Å². The number of imide groups is 1. The van der Waals surface area contributed by atoms with Gasteiger partial charge in [-0.25, -0.2) is 0 Å². The number of carbonyl (C=O) groups is 2. The highest BCUT2D eigenvalue weighted by Gasteiger charge is 2.44. The molecule has 4 heteroatoms. The Bertz CT molecular complexity index is 479. The van der Waals surface area contributed by atoms with Crippen molar-refractivity contribution in [1.29, 1.82) is 0 Å². The Kier molecular flexibility index (Phi) is 2.65. The molecule has 0 unspecified atom stereocenters. The second-order valence-corrected chi connectivity index (χ2v) is 4.97. The van der Waals surface area contributed by atoms with Gasteiger partial charge in [0.2, 0.25) is 11.8 Å². The molecule has 0 aromatic heterocycles. The van der Waals surface area contributed by atoms with Crippen LogP contribution in [-0.2, 0) is 16.1 Å². The molecule has 4 nitrogen and oxygen atoms in total. The van der Waals surface area contributed by atoms with Gasteiger partial charge in [0.25, 0.3) is 0 Å². The number of hydrogen-bond acceptors (Lipinski definition) is 3. The zero-order valence-corrected chi connectivity index (χ0v) is 9.93. The summed E-state index contributed by atoms with van der Waals surface area (Å²) >= 11 is 0. The van der Waals surface area contributed by atoms with E-state index in [-0.39, 0.29) is 30.5 Å². The van der Waals surface area contributed by atoms with Gasteiger partial charge in [0.1, 0.15) is 5.75 Å². The first-order chi connectivity index (χ1) is 7.92. The molecule has 1 N–H and O–H groups in total. The second kappa shape index (κ2) is 3.87. The molecule has 1 saturated heterocycles. The van der Waals surface area contributed by atoms with E-state index in [1.54, 1.807) is 38.1 Å². The number of phenolic OH excluding ortho intramolecular Hbond substituents is 1.